The normalized spacial score (nSPS) is 20.3. The third-order valence-electron chi connectivity index (χ3n) is 6.23. The summed E-state index contributed by atoms with van der Waals surface area (Å²) in [7, 11) is 0. The number of hydrogen-bond acceptors (Lipinski definition) is 5. The summed E-state index contributed by atoms with van der Waals surface area (Å²) in [6.45, 7) is 2.35. The summed E-state index contributed by atoms with van der Waals surface area (Å²) < 4.78 is 1.95. The molecule has 140 valence electrons. The lowest BCUT2D eigenvalue weighted by Crippen LogP contribution is -2.42. The molecule has 4 heterocycles. The fourth-order valence-electron chi connectivity index (χ4n) is 4.70. The molecule has 0 amide bonds. The molecule has 0 radical (unpaired) electrons. The monoisotopic (exact) mass is 362 g/mol. The number of rotatable bonds is 3. The van der Waals surface area contributed by atoms with Crippen molar-refractivity contribution < 1.29 is 0 Å². The fraction of sp³-hybridized carbons (Fsp3) is 0.524. The zero-order chi connectivity index (χ0) is 18.1. The van der Waals surface area contributed by atoms with Crippen molar-refractivity contribution in [3.63, 3.8) is 0 Å². The van der Waals surface area contributed by atoms with Gasteiger partial charge in [-0.1, -0.05) is 19.3 Å². The molecule has 0 unspecified atom stereocenters. The van der Waals surface area contributed by atoms with Crippen LogP contribution in [-0.2, 0) is 0 Å². The number of pyridine rings is 1. The van der Waals surface area contributed by atoms with Crippen LogP contribution in [0.1, 0.15) is 56.7 Å². The van der Waals surface area contributed by atoms with E-state index in [1.165, 1.54) is 45.2 Å². The van der Waals surface area contributed by atoms with Gasteiger partial charge in [-0.05, 0) is 63.0 Å². The number of fused-ring (bicyclic) bond motifs is 1. The number of aromatic nitrogens is 5. The molecule has 0 spiro atoms. The maximum atomic E-state index is 4.83. The minimum absolute atomic E-state index is 0.441. The first-order valence-electron chi connectivity index (χ1n) is 10.3. The zero-order valence-electron chi connectivity index (χ0n) is 15.7. The lowest BCUT2D eigenvalue weighted by Gasteiger charge is -2.38. The van der Waals surface area contributed by atoms with Gasteiger partial charge in [-0.15, -0.1) is 10.2 Å². The van der Waals surface area contributed by atoms with Gasteiger partial charge in [-0.2, -0.15) is 9.61 Å². The highest BCUT2D eigenvalue weighted by atomic mass is 15.4. The Hall–Kier alpha value is -2.34. The van der Waals surface area contributed by atoms with E-state index < -0.39 is 0 Å². The van der Waals surface area contributed by atoms with Crippen molar-refractivity contribution in [2.45, 2.75) is 56.9 Å². The van der Waals surface area contributed by atoms with Gasteiger partial charge in [0.05, 0.1) is 5.69 Å². The van der Waals surface area contributed by atoms with Crippen LogP contribution in [0, 0.1) is 0 Å². The van der Waals surface area contributed by atoms with E-state index in [9.17, 15) is 0 Å². The Bertz CT molecular complexity index is 891. The summed E-state index contributed by atoms with van der Waals surface area (Å²) in [5.41, 5.74) is 2.76. The molecule has 1 saturated heterocycles. The first-order chi connectivity index (χ1) is 13.4. The summed E-state index contributed by atoms with van der Waals surface area (Å²) in [4.78, 5) is 6.92. The lowest BCUT2D eigenvalue weighted by molar-refractivity contribution is 0.120. The predicted octanol–water partition coefficient (Wildman–Crippen LogP) is 3.70. The van der Waals surface area contributed by atoms with Crippen LogP contribution < -0.4 is 0 Å². The molecule has 1 aliphatic heterocycles. The molecule has 0 aromatic carbocycles. The number of likely N-dealkylation sites (tertiary alicyclic amines) is 1. The van der Waals surface area contributed by atoms with Crippen molar-refractivity contribution in [3.8, 4) is 11.3 Å². The van der Waals surface area contributed by atoms with Crippen molar-refractivity contribution in [2.24, 2.45) is 0 Å². The van der Waals surface area contributed by atoms with Crippen LogP contribution in [0.25, 0.3) is 16.9 Å². The first kappa shape index (κ1) is 16.8. The van der Waals surface area contributed by atoms with Gasteiger partial charge in [-0.3, -0.25) is 4.98 Å². The lowest BCUT2D eigenvalue weighted by atomic mass is 9.90. The molecule has 2 aliphatic rings. The molecule has 27 heavy (non-hydrogen) atoms. The van der Waals surface area contributed by atoms with Gasteiger partial charge >= 0.3 is 0 Å². The minimum atomic E-state index is 0.441. The standard InChI is InChI=1S/C21H26N6/c1-2-6-18(7-3-1)26-13-10-16(11-14-26)21-24-23-20-9-8-19(25-27(20)21)17-5-4-12-22-15-17/h4-5,8-9,12,15-16,18H,1-3,6-7,10-11,13-14H2. The summed E-state index contributed by atoms with van der Waals surface area (Å²) in [5, 5.41) is 13.7. The van der Waals surface area contributed by atoms with Gasteiger partial charge in [0.1, 0.15) is 0 Å². The molecule has 6 heteroatoms. The van der Waals surface area contributed by atoms with Crippen LogP contribution >= 0.6 is 0 Å². The maximum Gasteiger partial charge on any atom is 0.177 e. The van der Waals surface area contributed by atoms with E-state index in [1.54, 1.807) is 6.20 Å². The molecule has 1 saturated carbocycles. The quantitative estimate of drug-likeness (QED) is 0.711. The second kappa shape index (κ2) is 7.35. The first-order valence-corrected chi connectivity index (χ1v) is 10.3. The largest absolute Gasteiger partial charge is 0.300 e. The SMILES string of the molecule is c1cncc(-c2ccc3nnc(C4CCN(C5CCCCC5)CC4)n3n2)c1. The fourth-order valence-corrected chi connectivity index (χ4v) is 4.70. The van der Waals surface area contributed by atoms with Crippen LogP contribution in [0.5, 0.6) is 0 Å². The molecule has 3 aromatic rings. The highest BCUT2D eigenvalue weighted by Gasteiger charge is 2.29. The number of hydrogen-bond donors (Lipinski definition) is 0. The van der Waals surface area contributed by atoms with Crippen LogP contribution in [0.15, 0.2) is 36.7 Å². The van der Waals surface area contributed by atoms with Crippen LogP contribution in [0.4, 0.5) is 0 Å². The summed E-state index contributed by atoms with van der Waals surface area (Å²) in [6.07, 6.45) is 12.9. The zero-order valence-corrected chi connectivity index (χ0v) is 15.7. The number of nitrogens with zero attached hydrogens (tertiary/aromatic N) is 6. The third-order valence-corrected chi connectivity index (χ3v) is 6.23. The van der Waals surface area contributed by atoms with Crippen molar-refractivity contribution in [1.82, 2.24) is 29.7 Å². The van der Waals surface area contributed by atoms with E-state index in [4.69, 9.17) is 5.10 Å². The molecular formula is C21H26N6. The molecular weight excluding hydrogens is 336 g/mol. The van der Waals surface area contributed by atoms with Crippen molar-refractivity contribution in [2.75, 3.05) is 13.1 Å². The molecule has 0 bridgehead atoms. The van der Waals surface area contributed by atoms with E-state index in [0.717, 1.165) is 41.6 Å². The second-order valence-corrected chi connectivity index (χ2v) is 7.89. The van der Waals surface area contributed by atoms with Crippen LogP contribution in [0.3, 0.4) is 0 Å². The van der Waals surface area contributed by atoms with Gasteiger partial charge in [0.2, 0.25) is 0 Å². The van der Waals surface area contributed by atoms with Crippen LogP contribution in [-0.4, -0.2) is 48.8 Å². The van der Waals surface area contributed by atoms with Gasteiger partial charge < -0.3 is 4.90 Å². The molecule has 0 atom stereocenters. The van der Waals surface area contributed by atoms with E-state index in [-0.39, 0.29) is 0 Å². The van der Waals surface area contributed by atoms with E-state index in [2.05, 4.69) is 20.1 Å². The molecule has 6 nitrogen and oxygen atoms in total. The smallest absolute Gasteiger partial charge is 0.177 e. The van der Waals surface area contributed by atoms with Crippen molar-refractivity contribution >= 4 is 5.65 Å². The number of piperidine rings is 1. The van der Waals surface area contributed by atoms with Gasteiger partial charge in [0.25, 0.3) is 0 Å². The molecule has 2 fully saturated rings. The predicted molar refractivity (Wildman–Crippen MR) is 104 cm³/mol. The summed E-state index contributed by atoms with van der Waals surface area (Å²) in [5.74, 6) is 1.45. The second-order valence-electron chi connectivity index (χ2n) is 7.89. The Morgan fingerprint density at radius 2 is 1.74 bits per heavy atom. The molecule has 5 rings (SSSR count). The average molecular weight is 362 g/mol. The minimum Gasteiger partial charge on any atom is -0.300 e. The van der Waals surface area contributed by atoms with E-state index >= 15 is 0 Å². The topological polar surface area (TPSA) is 59.2 Å². The summed E-state index contributed by atoms with van der Waals surface area (Å²) in [6, 6.07) is 8.79. The summed E-state index contributed by atoms with van der Waals surface area (Å²) >= 11 is 0. The van der Waals surface area contributed by atoms with Gasteiger partial charge in [0, 0.05) is 29.9 Å². The van der Waals surface area contributed by atoms with E-state index in [0.29, 0.717) is 5.92 Å². The third kappa shape index (κ3) is 3.34. The van der Waals surface area contributed by atoms with Crippen molar-refractivity contribution in [3.05, 3.63) is 42.5 Å². The Kier molecular flexibility index (Phi) is 4.57. The highest BCUT2D eigenvalue weighted by Crippen LogP contribution is 2.31. The maximum absolute atomic E-state index is 4.83. The Morgan fingerprint density at radius 1 is 0.889 bits per heavy atom. The average Bonchev–Trinajstić information content (AvgIpc) is 3.18. The molecule has 1 aliphatic carbocycles. The Morgan fingerprint density at radius 3 is 2.52 bits per heavy atom. The molecule has 3 aromatic heterocycles. The van der Waals surface area contributed by atoms with Gasteiger partial charge in [0.15, 0.2) is 11.5 Å². The Labute approximate surface area is 159 Å². The van der Waals surface area contributed by atoms with E-state index in [1.807, 2.05) is 35.0 Å². The molecule has 0 N–H and O–H groups in total. The highest BCUT2D eigenvalue weighted by molar-refractivity contribution is 5.58. The van der Waals surface area contributed by atoms with Crippen LogP contribution in [0.2, 0.25) is 0 Å². The Balaban J connectivity index is 1.36. The van der Waals surface area contributed by atoms with Crippen molar-refractivity contribution in [1.29, 1.82) is 0 Å². The van der Waals surface area contributed by atoms with Gasteiger partial charge in [-0.25, -0.2) is 0 Å².